The highest BCUT2D eigenvalue weighted by atomic mass is 19.1. The maximum absolute atomic E-state index is 13.4. The molecule has 1 heterocycles. The van der Waals surface area contributed by atoms with Gasteiger partial charge in [0.05, 0.1) is 11.6 Å². The molecule has 3 nitrogen and oxygen atoms in total. The van der Waals surface area contributed by atoms with Crippen LogP contribution in [0, 0.1) is 11.9 Å². The van der Waals surface area contributed by atoms with Crippen molar-refractivity contribution in [3.8, 4) is 0 Å². The zero-order chi connectivity index (χ0) is 14.5. The Labute approximate surface area is 115 Å². The van der Waals surface area contributed by atoms with Gasteiger partial charge in [-0.3, -0.25) is 4.79 Å². The zero-order valence-corrected chi connectivity index (χ0v) is 10.9. The number of benzene rings is 1. The highest BCUT2D eigenvalue weighted by Crippen LogP contribution is 2.22. The number of aromatic nitrogens is 1. The highest BCUT2D eigenvalue weighted by Gasteiger charge is 2.20. The fourth-order valence-corrected chi connectivity index (χ4v) is 1.98. The maximum Gasteiger partial charge on any atom is 0.239 e. The summed E-state index contributed by atoms with van der Waals surface area (Å²) in [6.45, 7) is 1.87. The minimum Gasteiger partial charge on any atom is -0.322 e. The molecule has 0 bridgehead atoms. The third kappa shape index (κ3) is 3.17. The Hall–Kier alpha value is -2.30. The van der Waals surface area contributed by atoms with Gasteiger partial charge in [-0.1, -0.05) is 37.3 Å². The van der Waals surface area contributed by atoms with Crippen molar-refractivity contribution in [3.05, 3.63) is 59.9 Å². The molecule has 0 aliphatic carbocycles. The molecule has 0 aliphatic heterocycles. The third-order valence-electron chi connectivity index (χ3n) is 3.00. The Kier molecular flexibility index (Phi) is 4.40. The molecule has 0 saturated heterocycles. The van der Waals surface area contributed by atoms with Crippen LogP contribution in [0.5, 0.6) is 0 Å². The van der Waals surface area contributed by atoms with Crippen molar-refractivity contribution in [1.82, 2.24) is 4.98 Å². The largest absolute Gasteiger partial charge is 0.322 e. The number of pyridine rings is 1. The predicted octanol–water partition coefficient (Wildman–Crippen LogP) is 3.49. The summed E-state index contributed by atoms with van der Waals surface area (Å²) in [7, 11) is 0. The van der Waals surface area contributed by atoms with E-state index in [9.17, 15) is 13.6 Å². The van der Waals surface area contributed by atoms with Gasteiger partial charge in [-0.05, 0) is 24.1 Å². The second-order valence-electron chi connectivity index (χ2n) is 4.33. The summed E-state index contributed by atoms with van der Waals surface area (Å²) >= 11 is 0. The van der Waals surface area contributed by atoms with Gasteiger partial charge in [-0.15, -0.1) is 0 Å². The first-order valence-electron chi connectivity index (χ1n) is 6.29. The molecule has 0 spiro atoms. The topological polar surface area (TPSA) is 42.0 Å². The minimum absolute atomic E-state index is 0.120. The molecule has 0 aliphatic rings. The first-order chi connectivity index (χ1) is 9.61. The average Bonchev–Trinajstić information content (AvgIpc) is 2.44. The molecule has 1 N–H and O–H groups in total. The molecule has 2 aromatic rings. The number of carbonyl (C=O) groups excluding carboxylic acids is 1. The average molecular weight is 276 g/mol. The van der Waals surface area contributed by atoms with Gasteiger partial charge >= 0.3 is 0 Å². The fraction of sp³-hybridized carbons (Fsp3) is 0.200. The lowest BCUT2D eigenvalue weighted by Crippen LogP contribution is -2.21. The second-order valence-corrected chi connectivity index (χ2v) is 4.33. The predicted molar refractivity (Wildman–Crippen MR) is 72.3 cm³/mol. The molecule has 1 aromatic carbocycles. The number of rotatable bonds is 4. The van der Waals surface area contributed by atoms with Crippen LogP contribution >= 0.6 is 0 Å². The van der Waals surface area contributed by atoms with Crippen molar-refractivity contribution >= 4 is 11.6 Å². The lowest BCUT2D eigenvalue weighted by molar-refractivity contribution is -0.117. The van der Waals surface area contributed by atoms with E-state index in [1.807, 2.05) is 37.3 Å². The molecule has 0 radical (unpaired) electrons. The van der Waals surface area contributed by atoms with E-state index in [1.165, 1.54) is 0 Å². The van der Waals surface area contributed by atoms with Crippen molar-refractivity contribution in [2.45, 2.75) is 19.3 Å². The Bertz CT molecular complexity index is 602. The molecule has 1 aromatic heterocycles. The first kappa shape index (κ1) is 14.1. The summed E-state index contributed by atoms with van der Waals surface area (Å²) in [5.74, 6) is -2.68. The van der Waals surface area contributed by atoms with Gasteiger partial charge in [-0.25, -0.2) is 0 Å². The molecular weight excluding hydrogens is 262 g/mol. The molecule has 1 atom stereocenters. The van der Waals surface area contributed by atoms with Crippen LogP contribution in [0.1, 0.15) is 24.8 Å². The summed E-state index contributed by atoms with van der Waals surface area (Å²) in [4.78, 5) is 15.2. The van der Waals surface area contributed by atoms with Gasteiger partial charge in [0.2, 0.25) is 17.8 Å². The van der Waals surface area contributed by atoms with Crippen LogP contribution in [0.4, 0.5) is 14.5 Å². The van der Waals surface area contributed by atoms with E-state index in [0.717, 1.165) is 17.7 Å². The summed E-state index contributed by atoms with van der Waals surface area (Å²) in [6.07, 6.45) is 0.575. The summed E-state index contributed by atoms with van der Waals surface area (Å²) in [5, 5.41) is 2.44. The monoisotopic (exact) mass is 276 g/mol. The number of anilines is 1. The van der Waals surface area contributed by atoms with Gasteiger partial charge in [0, 0.05) is 0 Å². The molecule has 0 saturated carbocycles. The smallest absolute Gasteiger partial charge is 0.239 e. The Morgan fingerprint density at radius 2 is 1.90 bits per heavy atom. The number of halogens is 2. The third-order valence-corrected chi connectivity index (χ3v) is 3.00. The van der Waals surface area contributed by atoms with Crippen molar-refractivity contribution in [2.24, 2.45) is 0 Å². The van der Waals surface area contributed by atoms with E-state index in [2.05, 4.69) is 10.3 Å². The van der Waals surface area contributed by atoms with Gasteiger partial charge in [0.25, 0.3) is 0 Å². The molecular formula is C15H14F2N2O. The molecule has 2 rings (SSSR count). The quantitative estimate of drug-likeness (QED) is 0.868. The van der Waals surface area contributed by atoms with E-state index in [-0.39, 0.29) is 17.5 Å². The number of carbonyl (C=O) groups is 1. The molecule has 104 valence electrons. The SMILES string of the molecule is CCC(C(=O)Nc1ccc(F)nc1F)c1ccccc1. The molecule has 5 heteroatoms. The summed E-state index contributed by atoms with van der Waals surface area (Å²) in [5.41, 5.74) is 0.730. The van der Waals surface area contributed by atoms with E-state index in [0.29, 0.717) is 6.42 Å². The Balaban J connectivity index is 2.18. The second kappa shape index (κ2) is 6.23. The molecule has 20 heavy (non-hydrogen) atoms. The molecule has 1 unspecified atom stereocenters. The Morgan fingerprint density at radius 3 is 2.50 bits per heavy atom. The van der Waals surface area contributed by atoms with E-state index in [4.69, 9.17) is 0 Å². The lowest BCUT2D eigenvalue weighted by atomic mass is 9.95. The van der Waals surface area contributed by atoms with Gasteiger partial charge in [-0.2, -0.15) is 13.8 Å². The maximum atomic E-state index is 13.4. The fourth-order valence-electron chi connectivity index (χ4n) is 1.98. The van der Waals surface area contributed by atoms with Crippen LogP contribution in [-0.2, 0) is 4.79 Å². The number of amides is 1. The normalized spacial score (nSPS) is 11.9. The highest BCUT2D eigenvalue weighted by molar-refractivity contribution is 5.95. The van der Waals surface area contributed by atoms with Crippen LogP contribution in [0.3, 0.4) is 0 Å². The van der Waals surface area contributed by atoms with Gasteiger partial charge in [0.1, 0.15) is 0 Å². The molecule has 1 amide bonds. The van der Waals surface area contributed by atoms with Crippen molar-refractivity contribution in [1.29, 1.82) is 0 Å². The van der Waals surface area contributed by atoms with Crippen molar-refractivity contribution < 1.29 is 13.6 Å². The van der Waals surface area contributed by atoms with Gasteiger partial charge < -0.3 is 5.32 Å². The number of nitrogens with one attached hydrogen (secondary N) is 1. The lowest BCUT2D eigenvalue weighted by Gasteiger charge is -2.15. The standard InChI is InChI=1S/C15H14F2N2O/c1-2-11(10-6-4-3-5-7-10)15(20)18-12-8-9-13(16)19-14(12)17/h3-9,11H,2H2,1H3,(H,18,20). The zero-order valence-electron chi connectivity index (χ0n) is 10.9. The first-order valence-corrected chi connectivity index (χ1v) is 6.29. The summed E-state index contributed by atoms with van der Waals surface area (Å²) in [6, 6.07) is 11.4. The van der Waals surface area contributed by atoms with Crippen LogP contribution in [0.15, 0.2) is 42.5 Å². The van der Waals surface area contributed by atoms with E-state index < -0.39 is 11.9 Å². The van der Waals surface area contributed by atoms with Crippen LogP contribution in [0.25, 0.3) is 0 Å². The minimum atomic E-state index is -1.03. The molecule has 0 fully saturated rings. The Morgan fingerprint density at radius 1 is 1.20 bits per heavy atom. The number of hydrogen-bond acceptors (Lipinski definition) is 2. The van der Waals surface area contributed by atoms with E-state index >= 15 is 0 Å². The summed E-state index contributed by atoms with van der Waals surface area (Å²) < 4.78 is 26.1. The van der Waals surface area contributed by atoms with Crippen molar-refractivity contribution in [2.75, 3.05) is 5.32 Å². The number of hydrogen-bond donors (Lipinski definition) is 1. The van der Waals surface area contributed by atoms with Crippen LogP contribution in [0.2, 0.25) is 0 Å². The number of nitrogens with zero attached hydrogens (tertiary/aromatic N) is 1. The van der Waals surface area contributed by atoms with Crippen LogP contribution in [-0.4, -0.2) is 10.9 Å². The van der Waals surface area contributed by atoms with Crippen molar-refractivity contribution in [3.63, 3.8) is 0 Å². The van der Waals surface area contributed by atoms with E-state index in [1.54, 1.807) is 0 Å². The van der Waals surface area contributed by atoms with Crippen LogP contribution < -0.4 is 5.32 Å². The van der Waals surface area contributed by atoms with Gasteiger partial charge in [0.15, 0.2) is 0 Å².